The molecule has 0 radical (unpaired) electrons. The lowest BCUT2D eigenvalue weighted by Gasteiger charge is -2.24. The van der Waals surface area contributed by atoms with Crippen LogP contribution in [0.25, 0.3) is 5.69 Å². The van der Waals surface area contributed by atoms with Crippen molar-refractivity contribution in [1.29, 1.82) is 0 Å². The van der Waals surface area contributed by atoms with Gasteiger partial charge in [-0.25, -0.2) is 0 Å². The van der Waals surface area contributed by atoms with E-state index in [1.54, 1.807) is 18.2 Å². The number of carbonyl (C=O) groups excluding carboxylic acids is 1. The molecule has 1 aromatic carbocycles. The molecule has 0 spiro atoms. The quantitative estimate of drug-likeness (QED) is 0.876. The highest BCUT2D eigenvalue weighted by Gasteiger charge is 2.19. The van der Waals surface area contributed by atoms with Crippen molar-refractivity contribution in [3.63, 3.8) is 0 Å². The summed E-state index contributed by atoms with van der Waals surface area (Å²) in [6.45, 7) is 1.78. The number of hydrogen-bond donors (Lipinski definition) is 2. The number of amides is 1. The van der Waals surface area contributed by atoms with Gasteiger partial charge in [-0.05, 0) is 48.0 Å². The van der Waals surface area contributed by atoms with Crippen molar-refractivity contribution in [3.05, 3.63) is 35.1 Å². The number of nitrogens with one attached hydrogen (secondary N) is 2. The molecule has 1 atom stereocenters. The monoisotopic (exact) mass is 306 g/mol. The van der Waals surface area contributed by atoms with E-state index >= 15 is 0 Å². The molecule has 110 valence electrons. The summed E-state index contributed by atoms with van der Waals surface area (Å²) in [6, 6.07) is 5.20. The van der Waals surface area contributed by atoms with Gasteiger partial charge in [-0.3, -0.25) is 4.79 Å². The molecule has 1 unspecified atom stereocenters. The Bertz CT molecular complexity index is 624. The Hall–Kier alpha value is -1.99. The molecule has 1 saturated heterocycles. The van der Waals surface area contributed by atoms with Crippen molar-refractivity contribution in [3.8, 4) is 5.69 Å². The molecule has 1 fully saturated rings. The van der Waals surface area contributed by atoms with E-state index in [0.29, 0.717) is 16.3 Å². The van der Waals surface area contributed by atoms with Gasteiger partial charge in [0.05, 0.1) is 11.3 Å². The second-order valence-electron chi connectivity index (χ2n) is 4.93. The lowest BCUT2D eigenvalue weighted by Crippen LogP contribution is -2.45. The third-order valence-electron chi connectivity index (χ3n) is 3.43. The van der Waals surface area contributed by atoms with Gasteiger partial charge in [-0.1, -0.05) is 11.6 Å². The number of aromatic nitrogens is 4. The second kappa shape index (κ2) is 6.19. The van der Waals surface area contributed by atoms with Gasteiger partial charge in [-0.2, -0.15) is 4.68 Å². The highest BCUT2D eigenvalue weighted by Crippen LogP contribution is 2.19. The number of tetrazole rings is 1. The lowest BCUT2D eigenvalue weighted by atomic mass is 10.1. The average Bonchev–Trinajstić information content (AvgIpc) is 3.02. The molecule has 1 aliphatic rings. The van der Waals surface area contributed by atoms with Crippen molar-refractivity contribution in [1.82, 2.24) is 30.8 Å². The van der Waals surface area contributed by atoms with Crippen molar-refractivity contribution in [2.45, 2.75) is 18.9 Å². The molecule has 8 heteroatoms. The van der Waals surface area contributed by atoms with Crippen molar-refractivity contribution >= 4 is 17.5 Å². The van der Waals surface area contributed by atoms with Crippen LogP contribution >= 0.6 is 11.6 Å². The molecular weight excluding hydrogens is 292 g/mol. The van der Waals surface area contributed by atoms with Crippen LogP contribution < -0.4 is 10.6 Å². The lowest BCUT2D eigenvalue weighted by molar-refractivity contribution is 0.0930. The van der Waals surface area contributed by atoms with Crippen LogP contribution in [0.4, 0.5) is 0 Å². The highest BCUT2D eigenvalue weighted by atomic mass is 35.5. The number of rotatable bonds is 3. The Labute approximate surface area is 126 Å². The third kappa shape index (κ3) is 3.20. The zero-order valence-corrected chi connectivity index (χ0v) is 12.0. The number of hydrogen-bond acceptors (Lipinski definition) is 5. The van der Waals surface area contributed by atoms with Gasteiger partial charge in [-0.15, -0.1) is 5.10 Å². The Kier molecular flexibility index (Phi) is 4.12. The van der Waals surface area contributed by atoms with E-state index in [9.17, 15) is 4.79 Å². The fourth-order valence-electron chi connectivity index (χ4n) is 2.40. The SMILES string of the molecule is O=C(NC1CCCNC1)c1cc(Cl)ccc1-n1cnnn1. The molecule has 21 heavy (non-hydrogen) atoms. The molecule has 1 amide bonds. The summed E-state index contributed by atoms with van der Waals surface area (Å²) >= 11 is 6.01. The number of nitrogens with zero attached hydrogens (tertiary/aromatic N) is 4. The first-order valence-corrected chi connectivity index (χ1v) is 7.16. The van der Waals surface area contributed by atoms with Crippen molar-refractivity contribution in [2.24, 2.45) is 0 Å². The Morgan fingerprint density at radius 1 is 1.48 bits per heavy atom. The summed E-state index contributed by atoms with van der Waals surface area (Å²) < 4.78 is 1.45. The summed E-state index contributed by atoms with van der Waals surface area (Å²) in [5.74, 6) is -0.170. The Morgan fingerprint density at radius 2 is 2.38 bits per heavy atom. The van der Waals surface area contributed by atoms with E-state index in [-0.39, 0.29) is 11.9 Å². The van der Waals surface area contributed by atoms with E-state index in [4.69, 9.17) is 11.6 Å². The molecule has 1 aromatic heterocycles. The van der Waals surface area contributed by atoms with Gasteiger partial charge in [0.15, 0.2) is 0 Å². The van der Waals surface area contributed by atoms with Gasteiger partial charge in [0, 0.05) is 17.6 Å². The molecule has 2 N–H and O–H groups in total. The first-order chi connectivity index (χ1) is 10.2. The maximum atomic E-state index is 12.5. The van der Waals surface area contributed by atoms with E-state index in [1.165, 1.54) is 11.0 Å². The first kappa shape index (κ1) is 14.0. The summed E-state index contributed by atoms with van der Waals surface area (Å²) in [5, 5.41) is 17.8. The molecule has 1 aliphatic heterocycles. The van der Waals surface area contributed by atoms with Crippen molar-refractivity contribution < 1.29 is 4.79 Å². The average molecular weight is 307 g/mol. The van der Waals surface area contributed by atoms with Crippen LogP contribution in [-0.4, -0.2) is 45.2 Å². The summed E-state index contributed by atoms with van der Waals surface area (Å²) in [6.07, 6.45) is 3.47. The molecule has 2 aromatic rings. The van der Waals surface area contributed by atoms with Gasteiger partial charge in [0.25, 0.3) is 5.91 Å². The molecule has 0 saturated carbocycles. The standard InChI is InChI=1S/C13H15ClN6O/c14-9-3-4-12(20-8-16-18-19-20)11(6-9)13(21)17-10-2-1-5-15-7-10/h3-4,6,8,10,15H,1-2,5,7H2,(H,17,21). The van der Waals surface area contributed by atoms with E-state index < -0.39 is 0 Å². The minimum Gasteiger partial charge on any atom is -0.348 e. The van der Waals surface area contributed by atoms with Crippen LogP contribution in [0.2, 0.25) is 5.02 Å². The fourth-order valence-corrected chi connectivity index (χ4v) is 2.57. The normalized spacial score (nSPS) is 18.4. The van der Waals surface area contributed by atoms with E-state index in [2.05, 4.69) is 26.2 Å². The molecular formula is C13H15ClN6O. The molecule has 0 aliphatic carbocycles. The summed E-state index contributed by atoms with van der Waals surface area (Å²) in [4.78, 5) is 12.5. The molecule has 7 nitrogen and oxygen atoms in total. The van der Waals surface area contributed by atoms with Crippen LogP contribution in [0.1, 0.15) is 23.2 Å². The summed E-state index contributed by atoms with van der Waals surface area (Å²) in [5.41, 5.74) is 1.06. The maximum Gasteiger partial charge on any atom is 0.253 e. The van der Waals surface area contributed by atoms with Crippen LogP contribution in [0.3, 0.4) is 0 Å². The molecule has 3 rings (SSSR count). The number of piperidine rings is 1. The second-order valence-corrected chi connectivity index (χ2v) is 5.37. The summed E-state index contributed by atoms with van der Waals surface area (Å²) in [7, 11) is 0. The number of halogens is 1. The van der Waals surface area contributed by atoms with Gasteiger partial charge >= 0.3 is 0 Å². The largest absolute Gasteiger partial charge is 0.348 e. The molecule has 2 heterocycles. The van der Waals surface area contributed by atoms with Gasteiger partial charge < -0.3 is 10.6 Å². The fraction of sp³-hybridized carbons (Fsp3) is 0.385. The zero-order valence-electron chi connectivity index (χ0n) is 11.3. The molecule has 0 bridgehead atoms. The van der Waals surface area contributed by atoms with Crippen LogP contribution in [0.15, 0.2) is 24.5 Å². The smallest absolute Gasteiger partial charge is 0.253 e. The predicted molar refractivity (Wildman–Crippen MR) is 77.5 cm³/mol. The van der Waals surface area contributed by atoms with E-state index in [0.717, 1.165) is 25.9 Å². The van der Waals surface area contributed by atoms with Crippen LogP contribution in [0, 0.1) is 0 Å². The minimum absolute atomic E-state index is 0.131. The van der Waals surface area contributed by atoms with Crippen molar-refractivity contribution in [2.75, 3.05) is 13.1 Å². The zero-order chi connectivity index (χ0) is 14.7. The van der Waals surface area contributed by atoms with Gasteiger partial charge in [0.2, 0.25) is 0 Å². The van der Waals surface area contributed by atoms with Gasteiger partial charge in [0.1, 0.15) is 6.33 Å². The van der Waals surface area contributed by atoms with E-state index in [1.807, 2.05) is 0 Å². The predicted octanol–water partition coefficient (Wildman–Crippen LogP) is 0.797. The third-order valence-corrected chi connectivity index (χ3v) is 3.67. The number of benzene rings is 1. The highest BCUT2D eigenvalue weighted by molar-refractivity contribution is 6.31. The van der Waals surface area contributed by atoms with Crippen LogP contribution in [0.5, 0.6) is 0 Å². The first-order valence-electron chi connectivity index (χ1n) is 6.78. The Morgan fingerprint density at radius 3 is 3.10 bits per heavy atom. The van der Waals surface area contributed by atoms with Crippen LogP contribution in [-0.2, 0) is 0 Å². The topological polar surface area (TPSA) is 84.7 Å². The maximum absolute atomic E-state index is 12.5. The number of carbonyl (C=O) groups is 1. The minimum atomic E-state index is -0.170. The Balaban J connectivity index is 1.86.